The van der Waals surface area contributed by atoms with Crippen molar-refractivity contribution < 1.29 is 17.9 Å². The summed E-state index contributed by atoms with van der Waals surface area (Å²) in [5.41, 5.74) is 6.94. The summed E-state index contributed by atoms with van der Waals surface area (Å²) in [6.07, 6.45) is 0.458. The first-order chi connectivity index (χ1) is 8.98. The lowest BCUT2D eigenvalue weighted by atomic mass is 10.2. The van der Waals surface area contributed by atoms with Crippen molar-refractivity contribution in [1.29, 1.82) is 0 Å². The molecule has 1 aromatic rings. The fraction of sp³-hybridized carbons (Fsp3) is 0.500. The van der Waals surface area contributed by atoms with Gasteiger partial charge in [-0.2, -0.15) is 0 Å². The molecular weight excluding hydrogens is 268 g/mol. The van der Waals surface area contributed by atoms with E-state index in [1.165, 1.54) is 14.2 Å². The highest BCUT2D eigenvalue weighted by atomic mass is 32.2. The summed E-state index contributed by atoms with van der Waals surface area (Å²) in [5.74, 6) is 0.639. The zero-order valence-corrected chi connectivity index (χ0v) is 12.0. The maximum atomic E-state index is 11.7. The molecule has 0 aromatic heterocycles. The maximum Gasteiger partial charge on any atom is 0.211 e. The average molecular weight is 288 g/mol. The molecule has 0 heterocycles. The minimum absolute atomic E-state index is 0.0332. The molecule has 6 nitrogen and oxygen atoms in total. The molecule has 0 aliphatic rings. The summed E-state index contributed by atoms with van der Waals surface area (Å²) in [7, 11) is -0.247. The van der Waals surface area contributed by atoms with Crippen LogP contribution < -0.4 is 15.2 Å². The van der Waals surface area contributed by atoms with Gasteiger partial charge in [-0.15, -0.1) is 0 Å². The van der Waals surface area contributed by atoms with E-state index in [2.05, 4.69) is 4.72 Å². The number of rotatable bonds is 8. The van der Waals surface area contributed by atoms with Gasteiger partial charge >= 0.3 is 0 Å². The van der Waals surface area contributed by atoms with Gasteiger partial charge in [-0.25, -0.2) is 13.1 Å². The van der Waals surface area contributed by atoms with Gasteiger partial charge in [0.15, 0.2) is 0 Å². The van der Waals surface area contributed by atoms with Gasteiger partial charge in [-0.1, -0.05) is 0 Å². The number of anilines is 1. The number of nitrogens with two attached hydrogens (primary N) is 1. The molecule has 0 amide bonds. The number of ether oxygens (including phenoxy) is 2. The van der Waals surface area contributed by atoms with E-state index in [0.717, 1.165) is 0 Å². The Hall–Kier alpha value is -1.31. The molecule has 0 saturated carbocycles. The van der Waals surface area contributed by atoms with E-state index in [9.17, 15) is 8.42 Å². The van der Waals surface area contributed by atoms with Crippen LogP contribution in [-0.4, -0.2) is 35.0 Å². The fourth-order valence-electron chi connectivity index (χ4n) is 1.59. The third kappa shape index (κ3) is 5.46. The molecule has 1 rings (SSSR count). The first kappa shape index (κ1) is 15.7. The Labute approximate surface area is 113 Å². The molecule has 0 atom stereocenters. The quantitative estimate of drug-likeness (QED) is 0.543. The third-order valence-electron chi connectivity index (χ3n) is 2.55. The summed E-state index contributed by atoms with van der Waals surface area (Å²) in [5, 5.41) is 0. The molecule has 0 aliphatic heterocycles. The van der Waals surface area contributed by atoms with Crippen molar-refractivity contribution >= 4 is 15.7 Å². The Balaban J connectivity index is 2.63. The average Bonchev–Trinajstić information content (AvgIpc) is 2.37. The molecule has 19 heavy (non-hydrogen) atoms. The summed E-state index contributed by atoms with van der Waals surface area (Å²) in [6, 6.07) is 5.11. The van der Waals surface area contributed by atoms with E-state index < -0.39 is 10.0 Å². The first-order valence-corrected chi connectivity index (χ1v) is 7.52. The van der Waals surface area contributed by atoms with Gasteiger partial charge in [0.2, 0.25) is 10.0 Å². The molecule has 0 spiro atoms. The summed E-state index contributed by atoms with van der Waals surface area (Å²) in [6.45, 7) is 0.575. The van der Waals surface area contributed by atoms with Crippen LogP contribution in [0.25, 0.3) is 0 Å². The van der Waals surface area contributed by atoms with Crippen molar-refractivity contribution in [3.63, 3.8) is 0 Å². The van der Waals surface area contributed by atoms with Crippen LogP contribution in [0.1, 0.15) is 12.0 Å². The zero-order chi connectivity index (χ0) is 14.3. The van der Waals surface area contributed by atoms with Crippen LogP contribution in [0.4, 0.5) is 5.69 Å². The Morgan fingerprint density at radius 3 is 2.68 bits per heavy atom. The normalized spacial score (nSPS) is 11.5. The van der Waals surface area contributed by atoms with Gasteiger partial charge in [-0.3, -0.25) is 0 Å². The van der Waals surface area contributed by atoms with E-state index in [1.54, 1.807) is 18.2 Å². The molecular formula is C12H20N2O4S. The largest absolute Gasteiger partial charge is 0.496 e. The molecule has 0 aliphatic carbocycles. The van der Waals surface area contributed by atoms with Gasteiger partial charge in [-0.05, 0) is 24.6 Å². The summed E-state index contributed by atoms with van der Waals surface area (Å²) >= 11 is 0. The topological polar surface area (TPSA) is 90.7 Å². The van der Waals surface area contributed by atoms with E-state index in [-0.39, 0.29) is 12.3 Å². The van der Waals surface area contributed by atoms with Crippen LogP contribution >= 0.6 is 0 Å². The van der Waals surface area contributed by atoms with Crippen molar-refractivity contribution in [2.75, 3.05) is 32.3 Å². The zero-order valence-electron chi connectivity index (χ0n) is 11.2. The van der Waals surface area contributed by atoms with Gasteiger partial charge < -0.3 is 15.2 Å². The number of benzene rings is 1. The molecule has 3 N–H and O–H groups in total. The molecule has 108 valence electrons. The highest BCUT2D eigenvalue weighted by molar-refractivity contribution is 7.89. The monoisotopic (exact) mass is 288 g/mol. The van der Waals surface area contributed by atoms with E-state index >= 15 is 0 Å². The van der Waals surface area contributed by atoms with Gasteiger partial charge in [0, 0.05) is 31.5 Å². The molecule has 0 unspecified atom stereocenters. The molecule has 7 heteroatoms. The number of methoxy groups -OCH3 is 2. The minimum atomic E-state index is -3.32. The first-order valence-electron chi connectivity index (χ1n) is 5.87. The molecule has 0 fully saturated rings. The Morgan fingerprint density at radius 1 is 1.32 bits per heavy atom. The minimum Gasteiger partial charge on any atom is -0.496 e. The van der Waals surface area contributed by atoms with Gasteiger partial charge in [0.25, 0.3) is 0 Å². The van der Waals surface area contributed by atoms with Crippen LogP contribution in [0.3, 0.4) is 0 Å². The number of nitrogens with one attached hydrogen (secondary N) is 1. The van der Waals surface area contributed by atoms with E-state index in [0.29, 0.717) is 30.0 Å². The highest BCUT2D eigenvalue weighted by Crippen LogP contribution is 2.20. The third-order valence-corrected chi connectivity index (χ3v) is 3.96. The number of hydrogen-bond acceptors (Lipinski definition) is 5. The number of nitrogen functional groups attached to an aromatic ring is 1. The highest BCUT2D eigenvalue weighted by Gasteiger charge is 2.11. The van der Waals surface area contributed by atoms with Crippen LogP contribution in [0, 0.1) is 0 Å². The molecule has 0 bridgehead atoms. The number of hydrogen-bond donors (Lipinski definition) is 2. The second kappa shape index (κ2) is 7.32. The van der Waals surface area contributed by atoms with Crippen molar-refractivity contribution in [3.05, 3.63) is 23.8 Å². The second-order valence-corrected chi connectivity index (χ2v) is 5.98. The van der Waals surface area contributed by atoms with Crippen LogP contribution in [0.5, 0.6) is 5.75 Å². The van der Waals surface area contributed by atoms with Crippen LogP contribution in [-0.2, 0) is 21.3 Å². The lowest BCUT2D eigenvalue weighted by Gasteiger charge is -2.11. The SMILES string of the molecule is COCCCS(=O)(=O)NCc1cc(N)ccc1OC. The fourth-order valence-corrected chi connectivity index (χ4v) is 2.61. The molecule has 1 aromatic carbocycles. The van der Waals surface area contributed by atoms with Gasteiger partial charge in [0.05, 0.1) is 12.9 Å². The number of sulfonamides is 1. The maximum absolute atomic E-state index is 11.7. The molecule has 0 radical (unpaired) electrons. The second-order valence-electron chi connectivity index (χ2n) is 4.06. The van der Waals surface area contributed by atoms with Crippen LogP contribution in [0.2, 0.25) is 0 Å². The van der Waals surface area contributed by atoms with Crippen molar-refractivity contribution in [2.45, 2.75) is 13.0 Å². The lowest BCUT2D eigenvalue weighted by molar-refractivity contribution is 0.199. The standard InChI is InChI=1S/C12H20N2O4S/c1-17-6-3-7-19(15,16)14-9-10-8-11(13)4-5-12(10)18-2/h4-5,8,14H,3,6-7,9,13H2,1-2H3. The van der Waals surface area contributed by atoms with Crippen molar-refractivity contribution in [3.8, 4) is 5.75 Å². The van der Waals surface area contributed by atoms with Crippen LogP contribution in [0.15, 0.2) is 18.2 Å². The Bertz CT molecular complexity index is 502. The summed E-state index contributed by atoms with van der Waals surface area (Å²) < 4.78 is 35.9. The Morgan fingerprint density at radius 2 is 2.05 bits per heavy atom. The van der Waals surface area contributed by atoms with E-state index in [1.807, 2.05) is 0 Å². The smallest absolute Gasteiger partial charge is 0.211 e. The van der Waals surface area contributed by atoms with Gasteiger partial charge in [0.1, 0.15) is 5.75 Å². The predicted molar refractivity (Wildman–Crippen MR) is 74.5 cm³/mol. The molecule has 0 saturated heterocycles. The predicted octanol–water partition coefficient (Wildman–Crippen LogP) is 0.733. The van der Waals surface area contributed by atoms with E-state index in [4.69, 9.17) is 15.2 Å². The lowest BCUT2D eigenvalue weighted by Crippen LogP contribution is -2.26. The summed E-state index contributed by atoms with van der Waals surface area (Å²) in [4.78, 5) is 0. The van der Waals surface area contributed by atoms with Crippen molar-refractivity contribution in [1.82, 2.24) is 4.72 Å². The van der Waals surface area contributed by atoms with Crippen molar-refractivity contribution in [2.24, 2.45) is 0 Å². The Kier molecular flexibility index (Phi) is 6.07.